The zero-order valence-corrected chi connectivity index (χ0v) is 10.3. The van der Waals surface area contributed by atoms with Crippen LogP contribution in [0, 0.1) is 6.92 Å². The van der Waals surface area contributed by atoms with E-state index in [1.165, 1.54) is 35.0 Å². The largest absolute Gasteiger partial charge is 0.341 e. The average molecular weight is 237 g/mol. The number of halogens is 1. The molecule has 86 valence electrons. The number of hydrogen-bond acceptors (Lipinski definition) is 1. The Morgan fingerprint density at radius 2 is 2.00 bits per heavy atom. The van der Waals surface area contributed by atoms with Gasteiger partial charge in [-0.05, 0) is 31.4 Å². The minimum atomic E-state index is 0. The third-order valence-corrected chi connectivity index (χ3v) is 3.40. The second kappa shape index (κ2) is 4.11. The maximum atomic E-state index is 5.84. The van der Waals surface area contributed by atoms with E-state index in [1.807, 2.05) is 0 Å². The fraction of sp³-hybridized carbons (Fsp3) is 0.385. The molecule has 0 amide bonds. The van der Waals surface area contributed by atoms with Crippen molar-refractivity contribution in [3.8, 4) is 0 Å². The minimum absolute atomic E-state index is 0. The first-order valence-corrected chi connectivity index (χ1v) is 5.61. The molecule has 0 atom stereocenters. The summed E-state index contributed by atoms with van der Waals surface area (Å²) in [7, 11) is 0. The predicted molar refractivity (Wildman–Crippen MR) is 70.1 cm³/mol. The molecule has 1 heterocycles. The molecule has 1 aromatic carbocycles. The summed E-state index contributed by atoms with van der Waals surface area (Å²) in [5, 5.41) is 1.34. The molecule has 1 aromatic heterocycles. The van der Waals surface area contributed by atoms with Gasteiger partial charge in [-0.2, -0.15) is 0 Å². The summed E-state index contributed by atoms with van der Waals surface area (Å²) in [6.07, 6.45) is 2.65. The maximum Gasteiger partial charge on any atom is 0.0488 e. The monoisotopic (exact) mass is 236 g/mol. The van der Waals surface area contributed by atoms with Crippen molar-refractivity contribution < 1.29 is 0 Å². The molecule has 3 heteroatoms. The van der Waals surface area contributed by atoms with E-state index in [9.17, 15) is 0 Å². The van der Waals surface area contributed by atoms with Crippen molar-refractivity contribution in [2.45, 2.75) is 32.4 Å². The molecular weight excluding hydrogens is 220 g/mol. The lowest BCUT2D eigenvalue weighted by Gasteiger charge is -2.05. The van der Waals surface area contributed by atoms with E-state index < -0.39 is 0 Å². The number of fused-ring (bicyclic) bond motifs is 1. The van der Waals surface area contributed by atoms with Gasteiger partial charge in [0, 0.05) is 29.2 Å². The Kier molecular flexibility index (Phi) is 2.96. The summed E-state index contributed by atoms with van der Waals surface area (Å²) in [6.45, 7) is 2.84. The van der Waals surface area contributed by atoms with E-state index in [1.54, 1.807) is 0 Å². The van der Waals surface area contributed by atoms with Crippen molar-refractivity contribution in [3.63, 3.8) is 0 Å². The molecule has 0 radical (unpaired) electrons. The first-order valence-electron chi connectivity index (χ1n) is 5.61. The van der Waals surface area contributed by atoms with E-state index >= 15 is 0 Å². The normalized spacial score (nSPS) is 15.1. The number of aromatic nitrogens is 1. The van der Waals surface area contributed by atoms with Gasteiger partial charge in [-0.1, -0.05) is 18.2 Å². The highest BCUT2D eigenvalue weighted by molar-refractivity contribution is 5.86. The lowest BCUT2D eigenvalue weighted by Crippen LogP contribution is -2.00. The number of nitrogens with zero attached hydrogens (tertiary/aromatic N) is 1. The standard InChI is InChI=1S/C13H16N2.ClH/c1-9-12(8-14)11-4-2-3-5-13(11)15(9)10-6-7-10;/h2-5,10H,6-8,14H2,1H3;1H. The molecule has 2 nitrogen and oxygen atoms in total. The molecule has 0 spiro atoms. The number of hydrogen-bond donors (Lipinski definition) is 1. The first-order chi connectivity index (χ1) is 7.33. The van der Waals surface area contributed by atoms with Crippen molar-refractivity contribution >= 4 is 23.3 Å². The highest BCUT2D eigenvalue weighted by Crippen LogP contribution is 2.40. The highest BCUT2D eigenvalue weighted by Gasteiger charge is 2.27. The topological polar surface area (TPSA) is 30.9 Å². The molecule has 0 unspecified atom stereocenters. The summed E-state index contributed by atoms with van der Waals surface area (Å²) < 4.78 is 2.47. The van der Waals surface area contributed by atoms with Gasteiger partial charge < -0.3 is 10.3 Å². The number of nitrogens with two attached hydrogens (primary N) is 1. The smallest absolute Gasteiger partial charge is 0.0488 e. The Balaban J connectivity index is 0.000000963. The van der Waals surface area contributed by atoms with Crippen LogP contribution in [0.2, 0.25) is 0 Å². The lowest BCUT2D eigenvalue weighted by molar-refractivity contribution is 0.742. The summed E-state index contributed by atoms with van der Waals surface area (Å²) in [5.74, 6) is 0. The second-order valence-electron chi connectivity index (χ2n) is 4.39. The lowest BCUT2D eigenvalue weighted by atomic mass is 10.1. The molecule has 1 aliphatic carbocycles. The Labute approximate surface area is 102 Å². The van der Waals surface area contributed by atoms with Crippen LogP contribution >= 0.6 is 12.4 Å². The molecule has 2 aromatic rings. The van der Waals surface area contributed by atoms with Crippen LogP contribution in [0.3, 0.4) is 0 Å². The molecule has 0 saturated heterocycles. The Bertz CT molecular complexity index is 512. The van der Waals surface area contributed by atoms with E-state index in [4.69, 9.17) is 5.73 Å². The first kappa shape index (κ1) is 11.5. The van der Waals surface area contributed by atoms with Crippen LogP contribution in [0.4, 0.5) is 0 Å². The summed E-state index contributed by atoms with van der Waals surface area (Å²) in [4.78, 5) is 0. The fourth-order valence-electron chi connectivity index (χ4n) is 2.52. The van der Waals surface area contributed by atoms with Crippen LogP contribution in [-0.4, -0.2) is 4.57 Å². The third-order valence-electron chi connectivity index (χ3n) is 3.40. The van der Waals surface area contributed by atoms with Crippen molar-refractivity contribution in [1.29, 1.82) is 0 Å². The molecule has 3 rings (SSSR count). The van der Waals surface area contributed by atoms with Gasteiger partial charge >= 0.3 is 0 Å². The number of benzene rings is 1. The Morgan fingerprint density at radius 1 is 1.31 bits per heavy atom. The highest BCUT2D eigenvalue weighted by atomic mass is 35.5. The summed E-state index contributed by atoms with van der Waals surface area (Å²) in [5.41, 5.74) is 9.88. The molecule has 0 bridgehead atoms. The third kappa shape index (κ3) is 1.53. The van der Waals surface area contributed by atoms with Gasteiger partial charge in [-0.3, -0.25) is 0 Å². The summed E-state index contributed by atoms with van der Waals surface area (Å²) >= 11 is 0. The number of para-hydroxylation sites is 1. The van der Waals surface area contributed by atoms with Crippen LogP contribution in [0.15, 0.2) is 24.3 Å². The Morgan fingerprint density at radius 3 is 2.62 bits per heavy atom. The van der Waals surface area contributed by atoms with E-state index in [2.05, 4.69) is 35.8 Å². The second-order valence-corrected chi connectivity index (χ2v) is 4.39. The van der Waals surface area contributed by atoms with Gasteiger partial charge in [0.1, 0.15) is 0 Å². The molecule has 0 aliphatic heterocycles. The van der Waals surface area contributed by atoms with Crippen LogP contribution in [0.25, 0.3) is 10.9 Å². The van der Waals surface area contributed by atoms with Crippen LogP contribution < -0.4 is 5.73 Å². The average Bonchev–Trinajstić information content (AvgIpc) is 3.02. The zero-order valence-electron chi connectivity index (χ0n) is 9.44. The van der Waals surface area contributed by atoms with Crippen molar-refractivity contribution in [1.82, 2.24) is 4.57 Å². The SMILES string of the molecule is Cc1c(CN)c2ccccc2n1C1CC1.Cl. The molecule has 1 fully saturated rings. The van der Waals surface area contributed by atoms with Gasteiger partial charge in [0.05, 0.1) is 0 Å². The molecular formula is C13H17ClN2. The Hall–Kier alpha value is -0.990. The van der Waals surface area contributed by atoms with Crippen LogP contribution in [0.5, 0.6) is 0 Å². The van der Waals surface area contributed by atoms with E-state index in [0.717, 1.165) is 6.04 Å². The molecule has 1 saturated carbocycles. The van der Waals surface area contributed by atoms with Crippen molar-refractivity contribution in [3.05, 3.63) is 35.5 Å². The van der Waals surface area contributed by atoms with Crippen LogP contribution in [0.1, 0.15) is 30.1 Å². The minimum Gasteiger partial charge on any atom is -0.341 e. The van der Waals surface area contributed by atoms with Gasteiger partial charge in [-0.25, -0.2) is 0 Å². The molecule has 1 aliphatic rings. The quantitative estimate of drug-likeness (QED) is 0.853. The zero-order chi connectivity index (χ0) is 10.4. The predicted octanol–water partition coefficient (Wildman–Crippen LogP) is 3.17. The van der Waals surface area contributed by atoms with Gasteiger partial charge in [0.2, 0.25) is 0 Å². The van der Waals surface area contributed by atoms with Gasteiger partial charge in [-0.15, -0.1) is 12.4 Å². The van der Waals surface area contributed by atoms with Crippen LogP contribution in [-0.2, 0) is 6.54 Å². The van der Waals surface area contributed by atoms with E-state index in [-0.39, 0.29) is 12.4 Å². The van der Waals surface area contributed by atoms with E-state index in [0.29, 0.717) is 6.54 Å². The van der Waals surface area contributed by atoms with Gasteiger partial charge in [0.15, 0.2) is 0 Å². The fourth-order valence-corrected chi connectivity index (χ4v) is 2.52. The van der Waals surface area contributed by atoms with Gasteiger partial charge in [0.25, 0.3) is 0 Å². The number of rotatable bonds is 2. The molecule has 2 N–H and O–H groups in total. The maximum absolute atomic E-state index is 5.84. The molecule has 16 heavy (non-hydrogen) atoms. The van der Waals surface area contributed by atoms with Crippen molar-refractivity contribution in [2.24, 2.45) is 5.73 Å². The van der Waals surface area contributed by atoms with Crippen molar-refractivity contribution in [2.75, 3.05) is 0 Å². The summed E-state index contributed by atoms with van der Waals surface area (Å²) in [6, 6.07) is 9.33.